The van der Waals surface area contributed by atoms with Crippen molar-refractivity contribution in [1.82, 2.24) is 19.8 Å². The van der Waals surface area contributed by atoms with Gasteiger partial charge in [0.15, 0.2) is 0 Å². The zero-order chi connectivity index (χ0) is 24.9. The SMILES string of the molecule is Cc1cc(C#N)cc(C)c1Oc1nc(NC2CCN(CCN3CCOCC3)CC2)nc2ccccc12. The van der Waals surface area contributed by atoms with Crippen LogP contribution >= 0.6 is 0 Å². The number of nitrogens with zero attached hydrogens (tertiary/aromatic N) is 5. The van der Waals surface area contributed by atoms with Gasteiger partial charge in [-0.15, -0.1) is 0 Å². The minimum Gasteiger partial charge on any atom is -0.438 e. The highest BCUT2D eigenvalue weighted by atomic mass is 16.5. The monoisotopic (exact) mass is 486 g/mol. The summed E-state index contributed by atoms with van der Waals surface area (Å²) in [6, 6.07) is 14.1. The van der Waals surface area contributed by atoms with E-state index in [1.807, 2.05) is 50.2 Å². The highest BCUT2D eigenvalue weighted by Gasteiger charge is 2.22. The molecule has 1 N–H and O–H groups in total. The molecule has 2 aliphatic heterocycles. The van der Waals surface area contributed by atoms with Crippen molar-refractivity contribution in [2.75, 3.05) is 57.8 Å². The summed E-state index contributed by atoms with van der Waals surface area (Å²) in [7, 11) is 0. The molecule has 0 radical (unpaired) electrons. The predicted octanol–water partition coefficient (Wildman–Crippen LogP) is 4.12. The lowest BCUT2D eigenvalue weighted by Gasteiger charge is -2.34. The third-order valence-corrected chi connectivity index (χ3v) is 7.11. The van der Waals surface area contributed by atoms with Gasteiger partial charge in [0.1, 0.15) is 5.75 Å². The number of hydrogen-bond donors (Lipinski definition) is 1. The number of aryl methyl sites for hydroxylation is 2. The minimum absolute atomic E-state index is 0.331. The first-order valence-corrected chi connectivity index (χ1v) is 12.8. The molecule has 0 aliphatic carbocycles. The number of morpholine rings is 1. The molecular weight excluding hydrogens is 452 g/mol. The maximum absolute atomic E-state index is 9.28. The Morgan fingerprint density at radius 3 is 2.36 bits per heavy atom. The molecular formula is C28H34N6O2. The lowest BCUT2D eigenvalue weighted by atomic mass is 10.1. The van der Waals surface area contributed by atoms with Crippen LogP contribution < -0.4 is 10.1 Å². The molecule has 0 spiro atoms. The molecule has 0 amide bonds. The minimum atomic E-state index is 0.331. The van der Waals surface area contributed by atoms with E-state index >= 15 is 0 Å². The molecule has 8 nitrogen and oxygen atoms in total. The number of aromatic nitrogens is 2. The summed E-state index contributed by atoms with van der Waals surface area (Å²) in [4.78, 5) is 14.6. The number of likely N-dealkylation sites (tertiary alicyclic amines) is 1. The number of rotatable bonds is 7. The summed E-state index contributed by atoms with van der Waals surface area (Å²) in [5, 5.41) is 13.7. The van der Waals surface area contributed by atoms with Crippen LogP contribution in [0.1, 0.15) is 29.5 Å². The Labute approximate surface area is 212 Å². The lowest BCUT2D eigenvalue weighted by molar-refractivity contribution is 0.0322. The first-order chi connectivity index (χ1) is 17.6. The summed E-state index contributed by atoms with van der Waals surface area (Å²) >= 11 is 0. The van der Waals surface area contributed by atoms with E-state index in [1.54, 1.807) is 0 Å². The highest BCUT2D eigenvalue weighted by molar-refractivity contribution is 5.84. The van der Waals surface area contributed by atoms with Crippen LogP contribution in [0.2, 0.25) is 0 Å². The normalized spacial score (nSPS) is 17.7. The van der Waals surface area contributed by atoms with Gasteiger partial charge < -0.3 is 19.7 Å². The van der Waals surface area contributed by atoms with Crippen LogP contribution in [-0.4, -0.2) is 78.3 Å². The van der Waals surface area contributed by atoms with Gasteiger partial charge in [0.25, 0.3) is 0 Å². The number of para-hydroxylation sites is 1. The van der Waals surface area contributed by atoms with E-state index < -0.39 is 0 Å². The van der Waals surface area contributed by atoms with Crippen molar-refractivity contribution in [2.24, 2.45) is 0 Å². The number of nitrogens with one attached hydrogen (secondary N) is 1. The van der Waals surface area contributed by atoms with Crippen LogP contribution in [0.15, 0.2) is 36.4 Å². The Kier molecular flexibility index (Phi) is 7.61. The number of piperidine rings is 1. The largest absolute Gasteiger partial charge is 0.438 e. The summed E-state index contributed by atoms with van der Waals surface area (Å²) in [5.41, 5.74) is 3.29. The first kappa shape index (κ1) is 24.4. The van der Waals surface area contributed by atoms with Gasteiger partial charge in [-0.3, -0.25) is 4.90 Å². The van der Waals surface area contributed by atoms with Crippen molar-refractivity contribution >= 4 is 16.9 Å². The first-order valence-electron chi connectivity index (χ1n) is 12.8. The van der Waals surface area contributed by atoms with E-state index in [0.717, 1.165) is 93.1 Å². The summed E-state index contributed by atoms with van der Waals surface area (Å²) < 4.78 is 11.8. The molecule has 0 atom stereocenters. The predicted molar refractivity (Wildman–Crippen MR) is 141 cm³/mol. The van der Waals surface area contributed by atoms with Crippen molar-refractivity contribution < 1.29 is 9.47 Å². The number of hydrogen-bond acceptors (Lipinski definition) is 8. The molecule has 36 heavy (non-hydrogen) atoms. The molecule has 2 fully saturated rings. The molecule has 0 bridgehead atoms. The Morgan fingerprint density at radius 2 is 1.67 bits per heavy atom. The maximum Gasteiger partial charge on any atom is 0.232 e. The molecule has 3 aromatic rings. The summed E-state index contributed by atoms with van der Waals surface area (Å²) in [6.07, 6.45) is 2.12. The average molecular weight is 487 g/mol. The van der Waals surface area contributed by atoms with Crippen LogP contribution in [0.5, 0.6) is 11.6 Å². The van der Waals surface area contributed by atoms with Gasteiger partial charge in [-0.1, -0.05) is 12.1 Å². The molecule has 0 unspecified atom stereocenters. The van der Waals surface area contributed by atoms with E-state index in [9.17, 15) is 5.26 Å². The maximum atomic E-state index is 9.28. The van der Waals surface area contributed by atoms with E-state index in [-0.39, 0.29) is 0 Å². The van der Waals surface area contributed by atoms with Gasteiger partial charge in [0, 0.05) is 45.3 Å². The van der Waals surface area contributed by atoms with E-state index in [4.69, 9.17) is 19.4 Å². The number of anilines is 1. The Morgan fingerprint density at radius 1 is 1.00 bits per heavy atom. The fourth-order valence-electron chi connectivity index (χ4n) is 5.05. The Balaban J connectivity index is 1.26. The molecule has 3 heterocycles. The molecule has 2 saturated heterocycles. The van der Waals surface area contributed by atoms with Gasteiger partial charge in [0.05, 0.1) is 35.7 Å². The van der Waals surface area contributed by atoms with E-state index in [0.29, 0.717) is 23.4 Å². The van der Waals surface area contributed by atoms with Gasteiger partial charge in [-0.2, -0.15) is 10.2 Å². The zero-order valence-corrected chi connectivity index (χ0v) is 21.2. The molecule has 8 heteroatoms. The molecule has 1 aromatic heterocycles. The quantitative estimate of drug-likeness (QED) is 0.534. The van der Waals surface area contributed by atoms with Gasteiger partial charge in [-0.05, 0) is 62.1 Å². The standard InChI is InChI=1S/C28H34N6O2/c1-20-17-22(19-29)18-21(2)26(20)36-27-24-5-3-4-6-25(24)31-28(32-27)30-23-7-9-33(10-8-23)11-12-34-13-15-35-16-14-34/h3-6,17-18,23H,7-16H2,1-2H3,(H,30,31,32). The molecule has 0 saturated carbocycles. The van der Waals surface area contributed by atoms with Crippen molar-refractivity contribution in [1.29, 1.82) is 5.26 Å². The molecule has 188 valence electrons. The Hall–Kier alpha value is -3.25. The second-order valence-electron chi connectivity index (χ2n) is 9.74. The van der Waals surface area contributed by atoms with E-state index in [1.165, 1.54) is 0 Å². The van der Waals surface area contributed by atoms with Crippen LogP contribution in [0.3, 0.4) is 0 Å². The topological polar surface area (TPSA) is 86.5 Å². The van der Waals surface area contributed by atoms with Crippen molar-refractivity contribution in [3.8, 4) is 17.7 Å². The fourth-order valence-corrected chi connectivity index (χ4v) is 5.05. The molecule has 2 aliphatic rings. The number of nitriles is 1. The Bertz CT molecular complexity index is 1220. The second kappa shape index (κ2) is 11.2. The van der Waals surface area contributed by atoms with E-state index in [2.05, 4.69) is 21.2 Å². The zero-order valence-electron chi connectivity index (χ0n) is 21.2. The highest BCUT2D eigenvalue weighted by Crippen LogP contribution is 2.33. The summed E-state index contributed by atoms with van der Waals surface area (Å²) in [5.74, 6) is 1.86. The van der Waals surface area contributed by atoms with Crippen LogP contribution in [-0.2, 0) is 4.74 Å². The van der Waals surface area contributed by atoms with Crippen molar-refractivity contribution in [2.45, 2.75) is 32.7 Å². The van der Waals surface area contributed by atoms with Crippen molar-refractivity contribution in [3.05, 3.63) is 53.1 Å². The number of benzene rings is 2. The smallest absolute Gasteiger partial charge is 0.232 e. The van der Waals surface area contributed by atoms with Gasteiger partial charge in [-0.25, -0.2) is 4.98 Å². The van der Waals surface area contributed by atoms with Crippen LogP contribution in [0.4, 0.5) is 5.95 Å². The number of fused-ring (bicyclic) bond motifs is 1. The average Bonchev–Trinajstić information content (AvgIpc) is 2.90. The lowest BCUT2D eigenvalue weighted by Crippen LogP contribution is -2.45. The van der Waals surface area contributed by atoms with Gasteiger partial charge in [0.2, 0.25) is 11.8 Å². The van der Waals surface area contributed by atoms with Crippen molar-refractivity contribution in [3.63, 3.8) is 0 Å². The number of ether oxygens (including phenoxy) is 2. The fraction of sp³-hybridized carbons (Fsp3) is 0.464. The van der Waals surface area contributed by atoms with Crippen LogP contribution in [0.25, 0.3) is 10.9 Å². The molecule has 2 aromatic carbocycles. The second-order valence-corrected chi connectivity index (χ2v) is 9.74. The van der Waals surface area contributed by atoms with Crippen LogP contribution in [0, 0.1) is 25.2 Å². The third-order valence-electron chi connectivity index (χ3n) is 7.11. The molecule has 5 rings (SSSR count). The summed E-state index contributed by atoms with van der Waals surface area (Å²) in [6.45, 7) is 12.1. The third kappa shape index (κ3) is 5.76. The van der Waals surface area contributed by atoms with Gasteiger partial charge >= 0.3 is 0 Å².